The lowest BCUT2D eigenvalue weighted by Gasteiger charge is -2.14. The summed E-state index contributed by atoms with van der Waals surface area (Å²) in [6.45, 7) is 5.14. The van der Waals surface area contributed by atoms with Crippen LogP contribution in [0.25, 0.3) is 0 Å². The van der Waals surface area contributed by atoms with Gasteiger partial charge < -0.3 is 14.6 Å². The van der Waals surface area contributed by atoms with Gasteiger partial charge in [-0.2, -0.15) is 0 Å². The molecule has 1 heterocycles. The van der Waals surface area contributed by atoms with Crippen molar-refractivity contribution in [3.05, 3.63) is 31.5 Å². The molecule has 0 aromatic carbocycles. The highest BCUT2D eigenvalue weighted by atomic mass is 16.5. The van der Waals surface area contributed by atoms with Crippen LogP contribution >= 0.6 is 0 Å². The van der Waals surface area contributed by atoms with Gasteiger partial charge in [-0.25, -0.2) is 23.5 Å². The molecule has 11 nitrogen and oxygen atoms in total. The maximum Gasteiger partial charge on any atom is 0.336 e. The average molecular weight is 472 g/mol. The quantitative estimate of drug-likeness (QED) is 0.269. The molecule has 0 bridgehead atoms. The van der Waals surface area contributed by atoms with Crippen LogP contribution in [0.5, 0.6) is 0 Å². The number of aromatic nitrogens is 3. The molecule has 33 heavy (non-hydrogen) atoms. The van der Waals surface area contributed by atoms with E-state index in [-0.39, 0.29) is 44.7 Å². The number of hydrogen-bond donors (Lipinski definition) is 2. The molecular weight excluding hydrogens is 434 g/mol. The second kappa shape index (κ2) is 15.2. The molecule has 0 saturated heterocycles. The van der Waals surface area contributed by atoms with Crippen molar-refractivity contribution < 1.29 is 24.2 Å². The van der Waals surface area contributed by atoms with E-state index in [0.717, 1.165) is 34.8 Å². The molecule has 2 N–H and O–H groups in total. The maximum atomic E-state index is 12.6. The van der Waals surface area contributed by atoms with Gasteiger partial charge in [-0.1, -0.05) is 19.8 Å². The number of carbonyl (C=O) groups is 2. The van der Waals surface area contributed by atoms with Crippen molar-refractivity contribution in [2.45, 2.75) is 104 Å². The number of unbranched alkanes of at least 4 members (excludes halogenated alkanes) is 3. The van der Waals surface area contributed by atoms with Gasteiger partial charge in [0.25, 0.3) is 0 Å². The Bertz CT molecular complexity index is 848. The zero-order valence-corrected chi connectivity index (χ0v) is 19.8. The van der Waals surface area contributed by atoms with Gasteiger partial charge in [-0.05, 0) is 46.0 Å². The smallest absolute Gasteiger partial charge is 0.336 e. The highest BCUT2D eigenvalue weighted by Crippen LogP contribution is 2.07. The van der Waals surface area contributed by atoms with Crippen LogP contribution in [0.4, 0.5) is 0 Å². The summed E-state index contributed by atoms with van der Waals surface area (Å²) < 4.78 is 12.0. The zero-order chi connectivity index (χ0) is 24.8. The Labute approximate surface area is 192 Å². The number of carbonyl (C=O) groups excluding carboxylic acids is 2. The van der Waals surface area contributed by atoms with Crippen molar-refractivity contribution in [1.29, 1.82) is 0 Å². The Hall–Kier alpha value is -2.69. The van der Waals surface area contributed by atoms with E-state index >= 15 is 0 Å². The van der Waals surface area contributed by atoms with Crippen LogP contribution in [0.2, 0.25) is 0 Å². The van der Waals surface area contributed by atoms with Crippen LogP contribution < -0.4 is 17.1 Å². The largest absolute Gasteiger partial charge is 0.463 e. The van der Waals surface area contributed by atoms with Gasteiger partial charge in [-0.15, -0.1) is 0 Å². The summed E-state index contributed by atoms with van der Waals surface area (Å²) in [5.41, 5.74) is -2.77. The van der Waals surface area contributed by atoms with Crippen LogP contribution in [0, 0.1) is 0 Å². The standard InChI is InChI=1S/C22H37N3O8/c1-4-5-6-9-16(2)32-18(27)11-13-24-20(29)23-21(30)25(22(24)31)14-12-19(28)33-17(3)10-7-8-15-26/h16-17,26H,4-15H2,1-3H3,(H,23,29,30). The Morgan fingerprint density at radius 2 is 1.30 bits per heavy atom. The van der Waals surface area contributed by atoms with E-state index in [1.54, 1.807) is 13.8 Å². The molecule has 0 spiro atoms. The lowest BCUT2D eigenvalue weighted by molar-refractivity contribution is -0.149. The van der Waals surface area contributed by atoms with E-state index < -0.39 is 29.0 Å². The minimum absolute atomic E-state index is 0.0672. The van der Waals surface area contributed by atoms with Crippen molar-refractivity contribution in [2.75, 3.05) is 6.61 Å². The van der Waals surface area contributed by atoms with Crippen LogP contribution in [-0.4, -0.2) is 50.0 Å². The second-order valence-corrected chi connectivity index (χ2v) is 8.14. The molecule has 0 radical (unpaired) electrons. The molecule has 11 heteroatoms. The van der Waals surface area contributed by atoms with Gasteiger partial charge in [0.15, 0.2) is 0 Å². The van der Waals surface area contributed by atoms with Gasteiger partial charge in [0.05, 0.1) is 25.0 Å². The van der Waals surface area contributed by atoms with Crippen molar-refractivity contribution in [2.24, 2.45) is 0 Å². The number of nitrogens with zero attached hydrogens (tertiary/aromatic N) is 2. The highest BCUT2D eigenvalue weighted by molar-refractivity contribution is 5.69. The molecule has 188 valence electrons. The Morgan fingerprint density at radius 3 is 1.73 bits per heavy atom. The molecule has 0 aliphatic heterocycles. The lowest BCUT2D eigenvalue weighted by atomic mass is 10.1. The average Bonchev–Trinajstić information content (AvgIpc) is 2.73. The topological polar surface area (TPSA) is 150 Å². The molecule has 0 aliphatic carbocycles. The lowest BCUT2D eigenvalue weighted by Crippen LogP contribution is -2.50. The highest BCUT2D eigenvalue weighted by Gasteiger charge is 2.16. The van der Waals surface area contributed by atoms with Gasteiger partial charge in [-0.3, -0.25) is 14.6 Å². The maximum absolute atomic E-state index is 12.6. The van der Waals surface area contributed by atoms with Gasteiger partial charge in [0.1, 0.15) is 0 Å². The summed E-state index contributed by atoms with van der Waals surface area (Å²) in [4.78, 5) is 62.8. The summed E-state index contributed by atoms with van der Waals surface area (Å²) in [7, 11) is 0. The number of rotatable bonds is 16. The first-order valence-electron chi connectivity index (χ1n) is 11.6. The number of aromatic amines is 1. The van der Waals surface area contributed by atoms with Crippen molar-refractivity contribution in [1.82, 2.24) is 14.1 Å². The molecule has 1 aromatic heterocycles. The fraction of sp³-hybridized carbons (Fsp3) is 0.773. The van der Waals surface area contributed by atoms with Gasteiger partial charge >= 0.3 is 29.0 Å². The Kier molecular flexibility index (Phi) is 13.1. The fourth-order valence-corrected chi connectivity index (χ4v) is 3.26. The number of aliphatic hydroxyl groups excluding tert-OH is 1. The monoisotopic (exact) mass is 471 g/mol. The van der Waals surface area contributed by atoms with Crippen LogP contribution in [0.3, 0.4) is 0 Å². The summed E-state index contributed by atoms with van der Waals surface area (Å²) in [5.74, 6) is -1.13. The number of nitrogens with one attached hydrogen (secondary N) is 1. The van der Waals surface area contributed by atoms with E-state index in [9.17, 15) is 24.0 Å². The van der Waals surface area contributed by atoms with E-state index in [1.165, 1.54) is 0 Å². The molecule has 0 saturated carbocycles. The minimum Gasteiger partial charge on any atom is -0.463 e. The van der Waals surface area contributed by atoms with E-state index in [2.05, 4.69) is 6.92 Å². The van der Waals surface area contributed by atoms with Crippen molar-refractivity contribution in [3.8, 4) is 0 Å². The molecule has 2 unspecified atom stereocenters. The van der Waals surface area contributed by atoms with Crippen molar-refractivity contribution >= 4 is 11.9 Å². The Morgan fingerprint density at radius 1 is 0.848 bits per heavy atom. The van der Waals surface area contributed by atoms with Gasteiger partial charge in [0.2, 0.25) is 0 Å². The predicted octanol–water partition coefficient (Wildman–Crippen LogP) is 1.08. The third-order valence-electron chi connectivity index (χ3n) is 5.14. The summed E-state index contributed by atoms with van der Waals surface area (Å²) in [6.07, 6.45) is 4.64. The number of hydrogen-bond acceptors (Lipinski definition) is 8. The first kappa shape index (κ1) is 28.3. The van der Waals surface area contributed by atoms with Crippen LogP contribution in [0.1, 0.15) is 78.6 Å². The first-order valence-corrected chi connectivity index (χ1v) is 11.6. The zero-order valence-electron chi connectivity index (χ0n) is 19.8. The third kappa shape index (κ3) is 10.6. The van der Waals surface area contributed by atoms with Gasteiger partial charge in [0, 0.05) is 19.7 Å². The number of aliphatic hydroxyl groups is 1. The first-order chi connectivity index (χ1) is 15.7. The predicted molar refractivity (Wildman–Crippen MR) is 121 cm³/mol. The summed E-state index contributed by atoms with van der Waals surface area (Å²) in [6, 6.07) is 0. The van der Waals surface area contributed by atoms with Crippen molar-refractivity contribution in [3.63, 3.8) is 0 Å². The molecule has 2 atom stereocenters. The second-order valence-electron chi connectivity index (χ2n) is 8.14. The molecule has 0 amide bonds. The molecule has 1 aromatic rings. The van der Waals surface area contributed by atoms with E-state index in [0.29, 0.717) is 19.3 Å². The van der Waals surface area contributed by atoms with Crippen LogP contribution in [0.15, 0.2) is 14.4 Å². The third-order valence-corrected chi connectivity index (χ3v) is 5.14. The fourth-order valence-electron chi connectivity index (χ4n) is 3.26. The number of ether oxygens (including phenoxy) is 2. The summed E-state index contributed by atoms with van der Waals surface area (Å²) >= 11 is 0. The molecular formula is C22H37N3O8. The molecule has 0 fully saturated rings. The number of H-pyrrole nitrogens is 1. The Balaban J connectivity index is 2.68. The van der Waals surface area contributed by atoms with Crippen LogP contribution in [-0.2, 0) is 32.2 Å². The molecule has 0 aliphatic rings. The SMILES string of the molecule is CCCCCC(C)OC(=O)CCn1c(=O)[nH]c(=O)n(CCC(=O)OC(C)CCCCO)c1=O. The normalized spacial score (nSPS) is 12.8. The number of esters is 2. The summed E-state index contributed by atoms with van der Waals surface area (Å²) in [5, 5.41) is 8.79. The van der Waals surface area contributed by atoms with E-state index in [1.807, 2.05) is 4.98 Å². The minimum atomic E-state index is -0.933. The molecule has 1 rings (SSSR count). The van der Waals surface area contributed by atoms with E-state index in [4.69, 9.17) is 14.6 Å².